The Labute approximate surface area is 132 Å². The Bertz CT molecular complexity index is 811. The van der Waals surface area contributed by atoms with Crippen LogP contribution >= 0.6 is 11.6 Å². The SMILES string of the molecule is CN(Cc1cc2ccccc2o1)c1ncc(C(N)=O)cc1Cl. The number of fused-ring (bicyclic) bond motifs is 1. The maximum atomic E-state index is 11.1. The van der Waals surface area contributed by atoms with Gasteiger partial charge in [0.25, 0.3) is 0 Å². The van der Waals surface area contributed by atoms with Gasteiger partial charge in [-0.3, -0.25) is 4.79 Å². The molecular formula is C16H14ClN3O2. The van der Waals surface area contributed by atoms with E-state index in [-0.39, 0.29) is 5.56 Å². The Morgan fingerprint density at radius 2 is 2.14 bits per heavy atom. The van der Waals surface area contributed by atoms with Gasteiger partial charge in [-0.25, -0.2) is 4.98 Å². The molecule has 0 aliphatic heterocycles. The molecular weight excluding hydrogens is 302 g/mol. The molecule has 5 nitrogen and oxygen atoms in total. The molecule has 0 unspecified atom stereocenters. The van der Waals surface area contributed by atoms with Crippen molar-refractivity contribution in [2.75, 3.05) is 11.9 Å². The third-order valence-corrected chi connectivity index (χ3v) is 3.62. The summed E-state index contributed by atoms with van der Waals surface area (Å²) in [5.74, 6) is 0.813. The molecule has 0 radical (unpaired) electrons. The van der Waals surface area contributed by atoms with E-state index in [0.29, 0.717) is 17.4 Å². The van der Waals surface area contributed by atoms with Crippen LogP contribution in [0.2, 0.25) is 5.02 Å². The van der Waals surface area contributed by atoms with Crippen LogP contribution in [-0.4, -0.2) is 17.9 Å². The van der Waals surface area contributed by atoms with E-state index in [4.69, 9.17) is 21.8 Å². The summed E-state index contributed by atoms with van der Waals surface area (Å²) in [5.41, 5.74) is 6.33. The second-order valence-corrected chi connectivity index (χ2v) is 5.41. The van der Waals surface area contributed by atoms with Crippen molar-refractivity contribution in [1.29, 1.82) is 0 Å². The molecule has 3 rings (SSSR count). The number of halogens is 1. The number of para-hydroxylation sites is 1. The van der Waals surface area contributed by atoms with Crippen LogP contribution in [-0.2, 0) is 6.54 Å². The minimum Gasteiger partial charge on any atom is -0.459 e. The number of amides is 1. The number of pyridine rings is 1. The molecule has 0 fully saturated rings. The summed E-state index contributed by atoms with van der Waals surface area (Å²) in [4.78, 5) is 17.2. The molecule has 0 spiro atoms. The maximum absolute atomic E-state index is 11.1. The van der Waals surface area contributed by atoms with Crippen LogP contribution in [0.25, 0.3) is 11.0 Å². The standard InChI is InChI=1S/C16H14ClN3O2/c1-20(16-13(17)7-11(8-19-16)15(18)21)9-12-6-10-4-2-3-5-14(10)22-12/h2-8H,9H2,1H3,(H2,18,21). The molecule has 112 valence electrons. The van der Waals surface area contributed by atoms with Gasteiger partial charge in [0, 0.05) is 18.6 Å². The average molecular weight is 316 g/mol. The first-order valence-electron chi connectivity index (χ1n) is 6.68. The number of primary amides is 1. The normalized spacial score (nSPS) is 10.8. The number of anilines is 1. The largest absolute Gasteiger partial charge is 0.459 e. The lowest BCUT2D eigenvalue weighted by Crippen LogP contribution is -2.19. The van der Waals surface area contributed by atoms with Crippen LogP contribution in [0, 0.1) is 0 Å². The summed E-state index contributed by atoms with van der Waals surface area (Å²) in [6.07, 6.45) is 1.42. The maximum Gasteiger partial charge on any atom is 0.250 e. The van der Waals surface area contributed by atoms with Crippen LogP contribution in [0.1, 0.15) is 16.1 Å². The summed E-state index contributed by atoms with van der Waals surface area (Å²) >= 11 is 6.17. The molecule has 0 atom stereocenters. The lowest BCUT2D eigenvalue weighted by Gasteiger charge is -2.18. The molecule has 0 aliphatic rings. The van der Waals surface area contributed by atoms with Crippen molar-refractivity contribution in [3.05, 3.63) is 58.9 Å². The summed E-state index contributed by atoms with van der Waals surface area (Å²) < 4.78 is 5.78. The Kier molecular flexibility index (Phi) is 3.73. The van der Waals surface area contributed by atoms with Crippen molar-refractivity contribution in [3.63, 3.8) is 0 Å². The van der Waals surface area contributed by atoms with Crippen molar-refractivity contribution < 1.29 is 9.21 Å². The average Bonchev–Trinajstić information content (AvgIpc) is 2.88. The predicted molar refractivity (Wildman–Crippen MR) is 86.1 cm³/mol. The van der Waals surface area contributed by atoms with E-state index in [0.717, 1.165) is 16.7 Å². The number of benzene rings is 1. The number of hydrogen-bond donors (Lipinski definition) is 1. The van der Waals surface area contributed by atoms with E-state index in [2.05, 4.69) is 4.98 Å². The molecule has 2 N–H and O–H groups in total. The Morgan fingerprint density at radius 1 is 1.36 bits per heavy atom. The number of furan rings is 1. The number of carbonyl (C=O) groups excluding carboxylic acids is 1. The number of nitrogens with zero attached hydrogens (tertiary/aromatic N) is 2. The summed E-state index contributed by atoms with van der Waals surface area (Å²) in [7, 11) is 1.85. The first-order valence-corrected chi connectivity index (χ1v) is 7.06. The Balaban J connectivity index is 1.84. The highest BCUT2D eigenvalue weighted by Crippen LogP contribution is 2.26. The fourth-order valence-electron chi connectivity index (χ4n) is 2.27. The quantitative estimate of drug-likeness (QED) is 0.802. The smallest absolute Gasteiger partial charge is 0.250 e. The Hall–Kier alpha value is -2.53. The van der Waals surface area contributed by atoms with Crippen molar-refractivity contribution in [2.24, 2.45) is 5.73 Å². The zero-order chi connectivity index (χ0) is 15.7. The molecule has 3 aromatic rings. The van der Waals surface area contributed by atoms with Crippen LogP contribution in [0.15, 0.2) is 47.0 Å². The molecule has 22 heavy (non-hydrogen) atoms. The van der Waals surface area contributed by atoms with Crippen molar-refractivity contribution in [3.8, 4) is 0 Å². The number of rotatable bonds is 4. The zero-order valence-corrected chi connectivity index (χ0v) is 12.7. The number of nitrogens with two attached hydrogens (primary N) is 1. The van der Waals surface area contributed by atoms with Crippen molar-refractivity contribution in [2.45, 2.75) is 6.54 Å². The van der Waals surface area contributed by atoms with Gasteiger partial charge in [0.15, 0.2) is 0 Å². The third-order valence-electron chi connectivity index (χ3n) is 3.34. The molecule has 1 amide bonds. The third kappa shape index (κ3) is 2.76. The predicted octanol–water partition coefficient (Wildman–Crippen LogP) is 3.22. The molecule has 2 aromatic heterocycles. The zero-order valence-electron chi connectivity index (χ0n) is 11.9. The minimum atomic E-state index is -0.555. The molecule has 2 heterocycles. The first kappa shape index (κ1) is 14.4. The van der Waals surface area contributed by atoms with Gasteiger partial charge in [-0.15, -0.1) is 0 Å². The van der Waals surface area contributed by atoms with Gasteiger partial charge < -0.3 is 15.1 Å². The monoisotopic (exact) mass is 315 g/mol. The number of aromatic nitrogens is 1. The summed E-state index contributed by atoms with van der Waals surface area (Å²) in [6.45, 7) is 0.511. The molecule has 0 bridgehead atoms. The summed E-state index contributed by atoms with van der Waals surface area (Å²) in [6, 6.07) is 11.3. The Morgan fingerprint density at radius 3 is 2.82 bits per heavy atom. The van der Waals surface area contributed by atoms with Crippen LogP contribution in [0.3, 0.4) is 0 Å². The van der Waals surface area contributed by atoms with Gasteiger partial charge in [0.2, 0.25) is 5.91 Å². The molecule has 6 heteroatoms. The second-order valence-electron chi connectivity index (χ2n) is 5.00. The van der Waals surface area contributed by atoms with Crippen LogP contribution < -0.4 is 10.6 Å². The molecule has 0 saturated carbocycles. The van der Waals surface area contributed by atoms with Gasteiger partial charge in [0.05, 0.1) is 17.1 Å². The van der Waals surface area contributed by atoms with Gasteiger partial charge in [-0.05, 0) is 18.2 Å². The van der Waals surface area contributed by atoms with E-state index >= 15 is 0 Å². The number of hydrogen-bond acceptors (Lipinski definition) is 4. The minimum absolute atomic E-state index is 0.283. The highest BCUT2D eigenvalue weighted by molar-refractivity contribution is 6.33. The van der Waals surface area contributed by atoms with Gasteiger partial charge >= 0.3 is 0 Å². The van der Waals surface area contributed by atoms with E-state index in [9.17, 15) is 4.79 Å². The first-order chi connectivity index (χ1) is 10.5. The fourth-order valence-corrected chi connectivity index (χ4v) is 2.58. The van der Waals surface area contributed by atoms with Gasteiger partial charge in [-0.2, -0.15) is 0 Å². The molecule has 0 saturated heterocycles. The van der Waals surface area contributed by atoms with E-state index in [1.165, 1.54) is 12.3 Å². The summed E-state index contributed by atoms with van der Waals surface area (Å²) in [5, 5.41) is 1.42. The molecule has 0 aliphatic carbocycles. The highest BCUT2D eigenvalue weighted by atomic mass is 35.5. The van der Waals surface area contributed by atoms with Gasteiger partial charge in [0.1, 0.15) is 17.2 Å². The fraction of sp³-hybridized carbons (Fsp3) is 0.125. The number of carbonyl (C=O) groups is 1. The van der Waals surface area contributed by atoms with Crippen molar-refractivity contribution in [1.82, 2.24) is 4.98 Å². The topological polar surface area (TPSA) is 72.4 Å². The second kappa shape index (κ2) is 5.69. The van der Waals surface area contributed by atoms with Crippen LogP contribution in [0.4, 0.5) is 5.82 Å². The molecule has 1 aromatic carbocycles. The van der Waals surface area contributed by atoms with E-state index < -0.39 is 5.91 Å². The lowest BCUT2D eigenvalue weighted by atomic mass is 10.2. The highest BCUT2D eigenvalue weighted by Gasteiger charge is 2.13. The van der Waals surface area contributed by atoms with Crippen LogP contribution in [0.5, 0.6) is 0 Å². The van der Waals surface area contributed by atoms with E-state index in [1.807, 2.05) is 42.3 Å². The van der Waals surface area contributed by atoms with Crippen molar-refractivity contribution >= 4 is 34.3 Å². The lowest BCUT2D eigenvalue weighted by molar-refractivity contribution is 0.1000. The van der Waals surface area contributed by atoms with E-state index in [1.54, 1.807) is 0 Å². The van der Waals surface area contributed by atoms with Gasteiger partial charge in [-0.1, -0.05) is 29.8 Å².